The van der Waals surface area contributed by atoms with E-state index in [1.165, 1.54) is 24.0 Å². The Hall–Kier alpha value is -1.47. The number of benzene rings is 1. The molecule has 0 spiro atoms. The van der Waals surface area contributed by atoms with Gasteiger partial charge in [-0.05, 0) is 49.1 Å². The molecule has 5 atom stereocenters. The number of fused-ring (bicyclic) bond motifs is 3. The maximum Gasteiger partial charge on any atom is 0.228 e. The number of nitrogens with zero attached hydrogens (tertiary/aromatic N) is 2. The molecule has 6 nitrogen and oxygen atoms in total. The zero-order valence-electron chi connectivity index (χ0n) is 17.5. The van der Waals surface area contributed by atoms with Crippen molar-refractivity contribution in [2.45, 2.75) is 50.7 Å². The molecular formula is C23H34N4O2. The van der Waals surface area contributed by atoms with Crippen molar-refractivity contribution < 1.29 is 9.53 Å². The molecule has 1 aliphatic carbocycles. The highest BCUT2D eigenvalue weighted by atomic mass is 16.5. The molecule has 1 aromatic rings. The standard InChI is InChI=1S/C23H34N4O2/c1-2-27-21-13-16(7-8-19(21)22-20(23(27)28)14-24-25-22)18-6-4-3-5-17(18)15-26-9-11-29-12-10-26/h3-6,16,19-22,24-25H,2,7-15H2,1H3. The lowest BCUT2D eigenvalue weighted by atomic mass is 9.67. The number of hydrogen-bond acceptors (Lipinski definition) is 5. The summed E-state index contributed by atoms with van der Waals surface area (Å²) in [5, 5.41) is 0. The van der Waals surface area contributed by atoms with E-state index in [-0.39, 0.29) is 5.92 Å². The predicted molar refractivity (Wildman–Crippen MR) is 112 cm³/mol. The number of hydrogen-bond donors (Lipinski definition) is 2. The summed E-state index contributed by atoms with van der Waals surface area (Å²) >= 11 is 0. The summed E-state index contributed by atoms with van der Waals surface area (Å²) in [5.74, 6) is 1.57. The number of hydrazine groups is 1. The number of ether oxygens (including phenoxy) is 1. The molecule has 6 heteroatoms. The lowest BCUT2D eigenvalue weighted by Gasteiger charge is -2.50. The van der Waals surface area contributed by atoms with Crippen LogP contribution in [0.2, 0.25) is 0 Å². The first kappa shape index (κ1) is 19.5. The van der Waals surface area contributed by atoms with Gasteiger partial charge in [-0.3, -0.25) is 20.5 Å². The highest BCUT2D eigenvalue weighted by molar-refractivity contribution is 5.81. The molecule has 3 heterocycles. The Labute approximate surface area is 173 Å². The molecule has 0 radical (unpaired) electrons. The number of likely N-dealkylation sites (tertiary alicyclic amines) is 1. The summed E-state index contributed by atoms with van der Waals surface area (Å²) in [7, 11) is 0. The van der Waals surface area contributed by atoms with E-state index in [4.69, 9.17) is 4.74 Å². The Morgan fingerprint density at radius 3 is 2.83 bits per heavy atom. The molecule has 3 aliphatic heterocycles. The van der Waals surface area contributed by atoms with E-state index in [9.17, 15) is 4.79 Å². The number of carbonyl (C=O) groups excluding carboxylic acids is 1. The summed E-state index contributed by atoms with van der Waals surface area (Å²) in [4.78, 5) is 17.8. The maximum absolute atomic E-state index is 13.1. The van der Waals surface area contributed by atoms with E-state index in [1.54, 1.807) is 0 Å². The summed E-state index contributed by atoms with van der Waals surface area (Å²) < 4.78 is 5.52. The highest BCUT2D eigenvalue weighted by Gasteiger charge is 2.51. The number of nitrogens with one attached hydrogen (secondary N) is 2. The van der Waals surface area contributed by atoms with Crippen molar-refractivity contribution in [1.29, 1.82) is 0 Å². The first-order valence-electron chi connectivity index (χ1n) is 11.4. The Morgan fingerprint density at radius 1 is 1.17 bits per heavy atom. The van der Waals surface area contributed by atoms with Crippen LogP contribution in [0.4, 0.5) is 0 Å². The van der Waals surface area contributed by atoms with Crippen molar-refractivity contribution in [1.82, 2.24) is 20.7 Å². The molecule has 1 amide bonds. The summed E-state index contributed by atoms with van der Waals surface area (Å²) in [6.07, 6.45) is 3.51. The largest absolute Gasteiger partial charge is 0.379 e. The van der Waals surface area contributed by atoms with Crippen molar-refractivity contribution in [3.05, 3.63) is 35.4 Å². The topological polar surface area (TPSA) is 56.8 Å². The molecule has 0 aromatic heterocycles. The molecule has 4 fully saturated rings. The first-order chi connectivity index (χ1) is 14.3. The SMILES string of the molecule is CCN1C(=O)C2CNNC2C2CCC(c3ccccc3CN3CCOCC3)CC21. The van der Waals surface area contributed by atoms with Crippen LogP contribution in [0.15, 0.2) is 24.3 Å². The zero-order valence-corrected chi connectivity index (χ0v) is 17.5. The number of piperidine rings is 1. The van der Waals surface area contributed by atoms with Gasteiger partial charge in [0.2, 0.25) is 5.91 Å². The fourth-order valence-corrected chi connectivity index (χ4v) is 6.23. The Balaban J connectivity index is 1.36. The van der Waals surface area contributed by atoms with Gasteiger partial charge < -0.3 is 9.64 Å². The first-order valence-corrected chi connectivity index (χ1v) is 11.4. The lowest BCUT2D eigenvalue weighted by molar-refractivity contribution is -0.146. The second kappa shape index (κ2) is 8.34. The highest BCUT2D eigenvalue weighted by Crippen LogP contribution is 2.45. The minimum absolute atomic E-state index is 0.112. The average molecular weight is 399 g/mol. The normalized spacial score (nSPS) is 35.4. The van der Waals surface area contributed by atoms with Gasteiger partial charge in [-0.2, -0.15) is 0 Å². The fourth-order valence-electron chi connectivity index (χ4n) is 6.23. The summed E-state index contributed by atoms with van der Waals surface area (Å²) in [5.41, 5.74) is 9.65. The third kappa shape index (κ3) is 3.61. The van der Waals surface area contributed by atoms with Crippen LogP contribution < -0.4 is 10.9 Å². The molecule has 5 unspecified atom stereocenters. The molecule has 29 heavy (non-hydrogen) atoms. The minimum atomic E-state index is 0.112. The summed E-state index contributed by atoms with van der Waals surface area (Å²) in [6, 6.07) is 9.66. The van der Waals surface area contributed by atoms with Gasteiger partial charge in [0, 0.05) is 44.8 Å². The van der Waals surface area contributed by atoms with Crippen molar-refractivity contribution in [3.8, 4) is 0 Å². The van der Waals surface area contributed by atoms with Gasteiger partial charge in [-0.1, -0.05) is 24.3 Å². The van der Waals surface area contributed by atoms with Gasteiger partial charge in [-0.25, -0.2) is 0 Å². The van der Waals surface area contributed by atoms with Crippen LogP contribution in [-0.4, -0.2) is 67.2 Å². The van der Waals surface area contributed by atoms with Crippen LogP contribution in [0.1, 0.15) is 43.2 Å². The monoisotopic (exact) mass is 398 g/mol. The van der Waals surface area contributed by atoms with E-state index in [2.05, 4.69) is 51.8 Å². The summed E-state index contributed by atoms with van der Waals surface area (Å²) in [6.45, 7) is 8.46. The fraction of sp³-hybridized carbons (Fsp3) is 0.696. The lowest BCUT2D eigenvalue weighted by Crippen LogP contribution is -2.61. The maximum atomic E-state index is 13.1. The second-order valence-corrected chi connectivity index (χ2v) is 9.11. The van der Waals surface area contributed by atoms with Crippen molar-refractivity contribution >= 4 is 5.91 Å². The van der Waals surface area contributed by atoms with E-state index >= 15 is 0 Å². The van der Waals surface area contributed by atoms with Crippen molar-refractivity contribution in [3.63, 3.8) is 0 Å². The Bertz CT molecular complexity index is 735. The molecule has 3 saturated heterocycles. The van der Waals surface area contributed by atoms with Gasteiger partial charge in [0.1, 0.15) is 0 Å². The van der Waals surface area contributed by atoms with Crippen molar-refractivity contribution in [2.24, 2.45) is 11.8 Å². The Morgan fingerprint density at radius 2 is 2.00 bits per heavy atom. The molecule has 1 aromatic carbocycles. The number of rotatable bonds is 4. The van der Waals surface area contributed by atoms with Gasteiger partial charge in [0.25, 0.3) is 0 Å². The second-order valence-electron chi connectivity index (χ2n) is 9.11. The van der Waals surface area contributed by atoms with E-state index < -0.39 is 0 Å². The van der Waals surface area contributed by atoms with E-state index in [0.29, 0.717) is 29.8 Å². The molecule has 5 rings (SSSR count). The number of carbonyl (C=O) groups is 1. The number of amides is 1. The minimum Gasteiger partial charge on any atom is -0.379 e. The average Bonchev–Trinajstić information content (AvgIpc) is 3.25. The van der Waals surface area contributed by atoms with Crippen LogP contribution in [0, 0.1) is 11.8 Å². The van der Waals surface area contributed by atoms with Crippen LogP contribution >= 0.6 is 0 Å². The quantitative estimate of drug-likeness (QED) is 0.809. The zero-order chi connectivity index (χ0) is 19.8. The molecule has 2 N–H and O–H groups in total. The third-order valence-electron chi connectivity index (χ3n) is 7.69. The third-order valence-corrected chi connectivity index (χ3v) is 7.69. The van der Waals surface area contributed by atoms with E-state index in [0.717, 1.165) is 52.4 Å². The van der Waals surface area contributed by atoms with Crippen LogP contribution in [0.25, 0.3) is 0 Å². The van der Waals surface area contributed by atoms with Gasteiger partial charge in [0.05, 0.1) is 19.1 Å². The van der Waals surface area contributed by atoms with Crippen LogP contribution in [-0.2, 0) is 16.1 Å². The Kier molecular flexibility index (Phi) is 5.61. The predicted octanol–water partition coefficient (Wildman–Crippen LogP) is 1.73. The molecule has 4 aliphatic rings. The number of morpholine rings is 1. The van der Waals surface area contributed by atoms with Crippen LogP contribution in [0.3, 0.4) is 0 Å². The van der Waals surface area contributed by atoms with Gasteiger partial charge in [0.15, 0.2) is 0 Å². The molecule has 158 valence electrons. The molecule has 0 bridgehead atoms. The smallest absolute Gasteiger partial charge is 0.228 e. The van der Waals surface area contributed by atoms with E-state index in [1.807, 2.05) is 0 Å². The van der Waals surface area contributed by atoms with Crippen molar-refractivity contribution in [2.75, 3.05) is 39.4 Å². The molecular weight excluding hydrogens is 364 g/mol. The van der Waals surface area contributed by atoms with Gasteiger partial charge in [-0.15, -0.1) is 0 Å². The molecule has 1 saturated carbocycles. The van der Waals surface area contributed by atoms with Crippen LogP contribution in [0.5, 0.6) is 0 Å². The van der Waals surface area contributed by atoms with Gasteiger partial charge >= 0.3 is 0 Å².